The maximum atomic E-state index is 12.9. The molecule has 0 atom stereocenters. The lowest BCUT2D eigenvalue weighted by Gasteiger charge is -2.10. The van der Waals surface area contributed by atoms with Crippen molar-refractivity contribution in [2.75, 3.05) is 6.54 Å². The Morgan fingerprint density at radius 1 is 0.941 bits per heavy atom. The zero-order valence-electron chi connectivity index (χ0n) is 18.9. The molecule has 0 bridgehead atoms. The highest BCUT2D eigenvalue weighted by molar-refractivity contribution is 6.03. The minimum absolute atomic E-state index is 0.0877. The molecule has 0 unspecified atom stereocenters. The lowest BCUT2D eigenvalue weighted by molar-refractivity contribution is 0.0951. The molecule has 2 aromatic carbocycles. The number of aryl methyl sites for hydroxylation is 1. The summed E-state index contributed by atoms with van der Waals surface area (Å²) in [6.45, 7) is 1.88. The third-order valence-corrected chi connectivity index (χ3v) is 6.53. The number of amides is 1. The number of nitrogens with zero attached hydrogens (tertiary/aromatic N) is 3. The Morgan fingerprint density at radius 2 is 1.71 bits per heavy atom. The topological polar surface area (TPSA) is 69.0 Å². The molecule has 6 heteroatoms. The number of nitrogens with one attached hydrogen (secondary N) is 1. The second-order valence-corrected chi connectivity index (χ2v) is 8.97. The Labute approximate surface area is 198 Å². The van der Waals surface area contributed by atoms with Gasteiger partial charge in [-0.1, -0.05) is 36.4 Å². The second kappa shape index (κ2) is 8.78. The molecular weight excluding hydrogens is 424 g/mol. The lowest BCUT2D eigenvalue weighted by atomic mass is 9.99. The van der Waals surface area contributed by atoms with E-state index in [1.54, 1.807) is 12.4 Å². The summed E-state index contributed by atoms with van der Waals surface area (Å²) in [5.41, 5.74) is 6.70. The molecule has 1 amide bonds. The third-order valence-electron chi connectivity index (χ3n) is 6.53. The van der Waals surface area contributed by atoms with Crippen molar-refractivity contribution in [1.29, 1.82) is 0 Å². The van der Waals surface area contributed by atoms with Crippen molar-refractivity contribution in [3.8, 4) is 28.1 Å². The van der Waals surface area contributed by atoms with E-state index in [-0.39, 0.29) is 5.91 Å². The van der Waals surface area contributed by atoms with Crippen LogP contribution in [0.4, 0.5) is 0 Å². The molecule has 2 aromatic heterocycles. The van der Waals surface area contributed by atoms with E-state index < -0.39 is 0 Å². The molecule has 1 fully saturated rings. The van der Waals surface area contributed by atoms with E-state index in [2.05, 4.69) is 34.6 Å². The molecule has 6 rings (SSSR count). The van der Waals surface area contributed by atoms with Gasteiger partial charge in [-0.05, 0) is 66.1 Å². The molecule has 6 nitrogen and oxygen atoms in total. The molecule has 0 spiro atoms. The van der Waals surface area contributed by atoms with Gasteiger partial charge in [0.15, 0.2) is 0 Å². The normalized spacial score (nSPS) is 15.4. The van der Waals surface area contributed by atoms with Crippen LogP contribution in [0.2, 0.25) is 0 Å². The standard InChI is InChI=1S/C28H26N4O2/c33-28-27-25(26(23-12-15-29-16-13-23)31-32(27)17-1-14-30-28)22-8-10-24(11-9-22)34-18-19-2-4-20(5-3-19)21-6-7-21/h2-5,8-13,15-16,21H,1,6-7,14,17-18H2,(H,30,33). The largest absolute Gasteiger partial charge is 0.489 e. The fraction of sp³-hybridized carbons (Fsp3) is 0.250. The molecule has 2 aliphatic rings. The van der Waals surface area contributed by atoms with Crippen LogP contribution in [0.3, 0.4) is 0 Å². The Balaban J connectivity index is 1.28. The number of pyridine rings is 1. The maximum Gasteiger partial charge on any atom is 0.270 e. The van der Waals surface area contributed by atoms with Crippen molar-refractivity contribution < 1.29 is 9.53 Å². The molecule has 0 radical (unpaired) electrons. The molecule has 1 aliphatic carbocycles. The second-order valence-electron chi connectivity index (χ2n) is 8.97. The molecule has 1 saturated carbocycles. The molecule has 4 aromatic rings. The highest BCUT2D eigenvalue weighted by Crippen LogP contribution is 2.40. The molecule has 34 heavy (non-hydrogen) atoms. The van der Waals surface area contributed by atoms with Crippen LogP contribution in [-0.2, 0) is 13.2 Å². The van der Waals surface area contributed by atoms with Gasteiger partial charge < -0.3 is 10.1 Å². The Morgan fingerprint density at radius 3 is 2.44 bits per heavy atom. The van der Waals surface area contributed by atoms with E-state index in [1.807, 2.05) is 41.1 Å². The first kappa shape index (κ1) is 20.7. The van der Waals surface area contributed by atoms with Gasteiger partial charge in [-0.3, -0.25) is 14.5 Å². The Kier molecular flexibility index (Phi) is 5.34. The summed E-state index contributed by atoms with van der Waals surface area (Å²) in [4.78, 5) is 17.1. The average Bonchev–Trinajstić information content (AvgIpc) is 3.69. The Hall–Kier alpha value is -3.93. The van der Waals surface area contributed by atoms with Crippen LogP contribution in [0.5, 0.6) is 5.75 Å². The molecule has 1 aliphatic heterocycles. The predicted octanol–water partition coefficient (Wildman–Crippen LogP) is 5.20. The fourth-order valence-electron chi connectivity index (χ4n) is 4.54. The number of ether oxygens (including phenoxy) is 1. The summed E-state index contributed by atoms with van der Waals surface area (Å²) in [7, 11) is 0. The minimum Gasteiger partial charge on any atom is -0.489 e. The van der Waals surface area contributed by atoms with E-state index >= 15 is 0 Å². The fourth-order valence-corrected chi connectivity index (χ4v) is 4.54. The van der Waals surface area contributed by atoms with Crippen molar-refractivity contribution in [1.82, 2.24) is 20.1 Å². The van der Waals surface area contributed by atoms with Crippen LogP contribution in [0.1, 0.15) is 46.8 Å². The number of benzene rings is 2. The van der Waals surface area contributed by atoms with Crippen LogP contribution < -0.4 is 10.1 Å². The van der Waals surface area contributed by atoms with E-state index in [1.165, 1.54) is 18.4 Å². The number of hydrogen-bond acceptors (Lipinski definition) is 4. The van der Waals surface area contributed by atoms with Gasteiger partial charge in [0.25, 0.3) is 5.91 Å². The zero-order chi connectivity index (χ0) is 22.9. The summed E-state index contributed by atoms with van der Waals surface area (Å²) in [5.74, 6) is 1.47. The average molecular weight is 451 g/mol. The van der Waals surface area contributed by atoms with Gasteiger partial charge in [-0.15, -0.1) is 0 Å². The van der Waals surface area contributed by atoms with E-state index in [0.29, 0.717) is 25.4 Å². The summed E-state index contributed by atoms with van der Waals surface area (Å²) < 4.78 is 7.88. The lowest BCUT2D eigenvalue weighted by Crippen LogP contribution is -2.23. The highest BCUT2D eigenvalue weighted by atomic mass is 16.5. The first-order valence-corrected chi connectivity index (χ1v) is 11.9. The first-order valence-electron chi connectivity index (χ1n) is 11.9. The van der Waals surface area contributed by atoms with Gasteiger partial charge in [0, 0.05) is 36.6 Å². The molecule has 0 saturated heterocycles. The first-order chi connectivity index (χ1) is 16.8. The van der Waals surface area contributed by atoms with Gasteiger partial charge in [-0.25, -0.2) is 0 Å². The number of fused-ring (bicyclic) bond motifs is 1. The molecule has 1 N–H and O–H groups in total. The van der Waals surface area contributed by atoms with Gasteiger partial charge in [0.05, 0.1) is 0 Å². The van der Waals surface area contributed by atoms with Crippen molar-refractivity contribution >= 4 is 5.91 Å². The number of aromatic nitrogens is 3. The number of rotatable bonds is 6. The Bertz CT molecular complexity index is 1310. The number of carbonyl (C=O) groups excluding carboxylic acids is 1. The maximum absolute atomic E-state index is 12.9. The van der Waals surface area contributed by atoms with Crippen LogP contribution in [0.15, 0.2) is 73.1 Å². The summed E-state index contributed by atoms with van der Waals surface area (Å²) in [6.07, 6.45) is 6.97. The van der Waals surface area contributed by atoms with Gasteiger partial charge >= 0.3 is 0 Å². The van der Waals surface area contributed by atoms with E-state index in [9.17, 15) is 4.79 Å². The summed E-state index contributed by atoms with van der Waals surface area (Å²) in [6, 6.07) is 20.5. The van der Waals surface area contributed by atoms with Crippen LogP contribution in [0, 0.1) is 0 Å². The van der Waals surface area contributed by atoms with E-state index in [0.717, 1.165) is 46.0 Å². The third kappa shape index (κ3) is 4.07. The highest BCUT2D eigenvalue weighted by Gasteiger charge is 2.27. The predicted molar refractivity (Wildman–Crippen MR) is 131 cm³/mol. The number of hydrogen-bond donors (Lipinski definition) is 1. The van der Waals surface area contributed by atoms with E-state index in [4.69, 9.17) is 9.84 Å². The SMILES string of the molecule is O=C1NCCCn2nc(-c3ccncc3)c(-c3ccc(OCc4ccc(C5CC5)cc4)cc3)c21. The van der Waals surface area contributed by atoms with Gasteiger partial charge in [0.1, 0.15) is 23.7 Å². The zero-order valence-corrected chi connectivity index (χ0v) is 18.9. The number of carbonyl (C=O) groups is 1. The van der Waals surface area contributed by atoms with Crippen molar-refractivity contribution in [2.24, 2.45) is 0 Å². The molecular formula is C28H26N4O2. The van der Waals surface area contributed by atoms with Crippen molar-refractivity contribution in [3.63, 3.8) is 0 Å². The van der Waals surface area contributed by atoms with Gasteiger partial charge in [0.2, 0.25) is 0 Å². The quantitative estimate of drug-likeness (QED) is 0.438. The monoisotopic (exact) mass is 450 g/mol. The van der Waals surface area contributed by atoms with Crippen LogP contribution in [-0.4, -0.2) is 27.2 Å². The summed E-state index contributed by atoms with van der Waals surface area (Å²) in [5, 5.41) is 7.83. The van der Waals surface area contributed by atoms with Crippen molar-refractivity contribution in [3.05, 3.63) is 89.9 Å². The smallest absolute Gasteiger partial charge is 0.270 e. The molecule has 170 valence electrons. The van der Waals surface area contributed by atoms with Crippen LogP contribution in [0.25, 0.3) is 22.4 Å². The van der Waals surface area contributed by atoms with Crippen molar-refractivity contribution in [2.45, 2.75) is 38.3 Å². The molecule has 3 heterocycles. The van der Waals surface area contributed by atoms with Gasteiger partial charge in [-0.2, -0.15) is 5.10 Å². The minimum atomic E-state index is -0.0877. The van der Waals surface area contributed by atoms with Crippen LogP contribution >= 0.6 is 0 Å². The summed E-state index contributed by atoms with van der Waals surface area (Å²) >= 11 is 0.